The monoisotopic (exact) mass is 537 g/mol. The lowest BCUT2D eigenvalue weighted by Crippen LogP contribution is -2.43. The predicted octanol–water partition coefficient (Wildman–Crippen LogP) is 3.88. The van der Waals surface area contributed by atoms with Crippen molar-refractivity contribution >= 4 is 24.1 Å². The molecule has 3 amide bonds. The van der Waals surface area contributed by atoms with E-state index >= 15 is 0 Å². The number of fused-ring (bicyclic) bond motifs is 3. The minimum atomic E-state index is -1.28. The molecule has 10 nitrogen and oxygen atoms in total. The number of carboxylic acid groups (broad SMARTS) is 1. The highest BCUT2D eigenvalue weighted by molar-refractivity contribution is 5.82. The van der Waals surface area contributed by atoms with Crippen LogP contribution in [0.2, 0.25) is 0 Å². The normalized spacial score (nSPS) is 17.1. The highest BCUT2D eigenvalue weighted by Crippen LogP contribution is 2.44. The van der Waals surface area contributed by atoms with Crippen LogP contribution in [-0.2, 0) is 19.1 Å². The Hall–Kier alpha value is -4.08. The van der Waals surface area contributed by atoms with Crippen molar-refractivity contribution in [2.45, 2.75) is 63.6 Å². The van der Waals surface area contributed by atoms with Crippen LogP contribution in [0, 0.1) is 0 Å². The first kappa shape index (κ1) is 27.9. The Morgan fingerprint density at radius 1 is 1.03 bits per heavy atom. The number of amides is 3. The number of benzene rings is 2. The van der Waals surface area contributed by atoms with Crippen molar-refractivity contribution in [3.63, 3.8) is 0 Å². The summed E-state index contributed by atoms with van der Waals surface area (Å²) in [4.78, 5) is 50.5. The van der Waals surface area contributed by atoms with E-state index in [0.29, 0.717) is 19.5 Å². The van der Waals surface area contributed by atoms with Crippen LogP contribution in [0.15, 0.2) is 48.5 Å². The summed E-state index contributed by atoms with van der Waals surface area (Å²) in [5, 5.41) is 14.8. The summed E-state index contributed by atoms with van der Waals surface area (Å²) >= 11 is 0. The largest absolute Gasteiger partial charge is 0.480 e. The molecule has 2 atom stereocenters. The Labute approximate surface area is 227 Å². The van der Waals surface area contributed by atoms with E-state index in [9.17, 15) is 24.3 Å². The molecule has 4 rings (SSSR count). The topological polar surface area (TPSA) is 134 Å². The van der Waals surface area contributed by atoms with Crippen LogP contribution < -0.4 is 10.6 Å². The number of nitrogens with zero attached hydrogens (tertiary/aromatic N) is 1. The van der Waals surface area contributed by atoms with Crippen molar-refractivity contribution in [2.75, 3.05) is 19.7 Å². The van der Waals surface area contributed by atoms with Crippen LogP contribution in [-0.4, -0.2) is 71.5 Å². The standard InChI is InChI=1S/C29H35N3O7/c1-29(2,3)39-28(37)32-15-14-18(16-32)30-25(33)13-12-24(26(34)35)31-27(36)38-17-23-21-10-6-4-8-19(21)20-9-5-7-11-22(20)23/h4-11,18,23-24H,12-17H2,1-3H3,(H,30,33)(H,31,36)(H,34,35)/t18-,24+/m1/s1. The van der Waals surface area contributed by atoms with Gasteiger partial charge >= 0.3 is 18.2 Å². The molecule has 1 aliphatic heterocycles. The predicted molar refractivity (Wildman–Crippen MR) is 143 cm³/mol. The Balaban J connectivity index is 1.24. The zero-order valence-electron chi connectivity index (χ0n) is 22.4. The first-order valence-corrected chi connectivity index (χ1v) is 13.1. The number of hydrogen-bond acceptors (Lipinski definition) is 6. The number of carbonyl (C=O) groups excluding carboxylic acids is 3. The maximum atomic E-state index is 12.5. The summed E-state index contributed by atoms with van der Waals surface area (Å²) < 4.78 is 10.8. The summed E-state index contributed by atoms with van der Waals surface area (Å²) in [5.41, 5.74) is 3.68. The van der Waals surface area contributed by atoms with Crippen molar-refractivity contribution in [3.05, 3.63) is 59.7 Å². The fourth-order valence-corrected chi connectivity index (χ4v) is 4.99. The SMILES string of the molecule is CC(C)(C)OC(=O)N1CC[C@@H](NC(=O)CC[C@H](NC(=O)OCC2c3ccccc3-c3ccccc32)C(=O)O)C1. The van der Waals surface area contributed by atoms with Gasteiger partial charge in [0.2, 0.25) is 5.91 Å². The smallest absolute Gasteiger partial charge is 0.410 e. The fourth-order valence-electron chi connectivity index (χ4n) is 4.99. The summed E-state index contributed by atoms with van der Waals surface area (Å²) in [5.74, 6) is -1.76. The highest BCUT2D eigenvalue weighted by atomic mass is 16.6. The highest BCUT2D eigenvalue weighted by Gasteiger charge is 2.32. The van der Waals surface area contributed by atoms with Crippen LogP contribution in [0.25, 0.3) is 11.1 Å². The van der Waals surface area contributed by atoms with Gasteiger partial charge < -0.3 is 30.1 Å². The molecule has 3 N–H and O–H groups in total. The first-order chi connectivity index (χ1) is 18.5. The van der Waals surface area contributed by atoms with Gasteiger partial charge in [0, 0.05) is 31.5 Å². The Morgan fingerprint density at radius 2 is 1.64 bits per heavy atom. The third kappa shape index (κ3) is 7.07. The van der Waals surface area contributed by atoms with E-state index in [4.69, 9.17) is 9.47 Å². The quantitative estimate of drug-likeness (QED) is 0.465. The molecular formula is C29H35N3O7. The molecule has 2 aromatic carbocycles. The van der Waals surface area contributed by atoms with Gasteiger partial charge in [0.1, 0.15) is 18.2 Å². The van der Waals surface area contributed by atoms with E-state index in [1.807, 2.05) is 48.5 Å². The second kappa shape index (κ2) is 11.8. The number of carbonyl (C=O) groups is 4. The van der Waals surface area contributed by atoms with Crippen LogP contribution in [0.5, 0.6) is 0 Å². The number of rotatable bonds is 8. The lowest BCUT2D eigenvalue weighted by molar-refractivity contribution is -0.139. The maximum absolute atomic E-state index is 12.5. The molecule has 2 aromatic rings. The number of aliphatic carboxylic acids is 1. The molecule has 208 valence electrons. The van der Waals surface area contributed by atoms with Gasteiger partial charge in [-0.3, -0.25) is 4.79 Å². The lowest BCUT2D eigenvalue weighted by atomic mass is 9.98. The van der Waals surface area contributed by atoms with Gasteiger partial charge in [-0.25, -0.2) is 14.4 Å². The summed E-state index contributed by atoms with van der Waals surface area (Å²) in [6, 6.07) is 14.3. The molecule has 1 heterocycles. The maximum Gasteiger partial charge on any atom is 0.410 e. The van der Waals surface area contributed by atoms with Gasteiger partial charge in [0.05, 0.1) is 0 Å². The average Bonchev–Trinajstić information content (AvgIpc) is 3.47. The van der Waals surface area contributed by atoms with Crippen molar-refractivity contribution < 1.29 is 33.8 Å². The Bertz CT molecular complexity index is 1190. The minimum Gasteiger partial charge on any atom is -0.480 e. The molecule has 10 heteroatoms. The van der Waals surface area contributed by atoms with Gasteiger partial charge in [-0.15, -0.1) is 0 Å². The van der Waals surface area contributed by atoms with E-state index in [2.05, 4.69) is 10.6 Å². The molecule has 1 fully saturated rings. The van der Waals surface area contributed by atoms with Crippen molar-refractivity contribution in [2.24, 2.45) is 0 Å². The molecule has 39 heavy (non-hydrogen) atoms. The van der Waals surface area contributed by atoms with Crippen molar-refractivity contribution in [3.8, 4) is 11.1 Å². The molecule has 2 aliphatic rings. The summed E-state index contributed by atoms with van der Waals surface area (Å²) in [6.45, 7) is 6.20. The van der Waals surface area contributed by atoms with E-state index < -0.39 is 29.8 Å². The number of likely N-dealkylation sites (tertiary alicyclic amines) is 1. The van der Waals surface area contributed by atoms with Crippen LogP contribution in [0.3, 0.4) is 0 Å². The molecule has 1 aliphatic carbocycles. The lowest BCUT2D eigenvalue weighted by Gasteiger charge is -2.24. The number of carboxylic acids is 1. The van der Waals surface area contributed by atoms with Crippen LogP contribution in [0.1, 0.15) is 57.1 Å². The number of nitrogens with one attached hydrogen (secondary N) is 2. The number of hydrogen-bond donors (Lipinski definition) is 3. The Morgan fingerprint density at radius 3 is 2.23 bits per heavy atom. The molecule has 0 aromatic heterocycles. The molecule has 0 unspecified atom stereocenters. The van der Waals surface area contributed by atoms with Gasteiger partial charge in [0.25, 0.3) is 0 Å². The second-order valence-electron chi connectivity index (χ2n) is 10.9. The van der Waals surface area contributed by atoms with Gasteiger partial charge in [-0.2, -0.15) is 0 Å². The van der Waals surface area contributed by atoms with Crippen molar-refractivity contribution in [1.82, 2.24) is 15.5 Å². The molecule has 0 radical (unpaired) electrons. The average molecular weight is 538 g/mol. The third-order valence-corrected chi connectivity index (χ3v) is 6.80. The van der Waals surface area contributed by atoms with Gasteiger partial charge in [0.15, 0.2) is 0 Å². The van der Waals surface area contributed by atoms with Crippen molar-refractivity contribution in [1.29, 1.82) is 0 Å². The second-order valence-corrected chi connectivity index (χ2v) is 10.9. The number of ether oxygens (including phenoxy) is 2. The first-order valence-electron chi connectivity index (χ1n) is 13.1. The molecule has 0 bridgehead atoms. The van der Waals surface area contributed by atoms with E-state index in [1.54, 1.807) is 20.8 Å². The van der Waals surface area contributed by atoms with Gasteiger partial charge in [-0.1, -0.05) is 48.5 Å². The molecule has 0 saturated carbocycles. The molecule has 0 spiro atoms. The fraction of sp³-hybridized carbons (Fsp3) is 0.448. The zero-order valence-corrected chi connectivity index (χ0v) is 22.4. The molecule has 1 saturated heterocycles. The molecular weight excluding hydrogens is 502 g/mol. The van der Waals surface area contributed by atoms with E-state index in [1.165, 1.54) is 4.90 Å². The summed E-state index contributed by atoms with van der Waals surface area (Å²) in [7, 11) is 0. The minimum absolute atomic E-state index is 0.0580. The van der Waals surface area contributed by atoms with Crippen LogP contribution >= 0.6 is 0 Å². The third-order valence-electron chi connectivity index (χ3n) is 6.80. The Kier molecular flexibility index (Phi) is 8.42. The van der Waals surface area contributed by atoms with Crippen LogP contribution in [0.4, 0.5) is 9.59 Å². The summed E-state index contributed by atoms with van der Waals surface area (Å²) in [6.07, 6.45) is -0.922. The van der Waals surface area contributed by atoms with Gasteiger partial charge in [-0.05, 0) is 55.9 Å². The van der Waals surface area contributed by atoms with E-state index in [0.717, 1.165) is 22.3 Å². The number of alkyl carbamates (subject to hydrolysis) is 1. The zero-order chi connectivity index (χ0) is 28.2. The van der Waals surface area contributed by atoms with E-state index in [-0.39, 0.29) is 37.3 Å².